The van der Waals surface area contributed by atoms with E-state index in [1.54, 1.807) is 11.3 Å². The smallest absolute Gasteiger partial charge is 0.276 e. The molecule has 2 aromatic heterocycles. The Morgan fingerprint density at radius 3 is 2.71 bits per heavy atom. The van der Waals surface area contributed by atoms with E-state index in [0.717, 1.165) is 20.5 Å². The van der Waals surface area contributed by atoms with E-state index in [9.17, 15) is 14.0 Å². The third-order valence-electron chi connectivity index (χ3n) is 4.54. The molecule has 4 aromatic rings. The van der Waals surface area contributed by atoms with Crippen molar-refractivity contribution in [2.24, 2.45) is 0 Å². The van der Waals surface area contributed by atoms with Crippen LogP contribution in [0.25, 0.3) is 20.2 Å². The first-order valence-corrected chi connectivity index (χ1v) is 9.79. The molecule has 0 spiro atoms. The molecule has 0 fully saturated rings. The lowest BCUT2D eigenvalue weighted by Gasteiger charge is -2.08. The van der Waals surface area contributed by atoms with Crippen LogP contribution in [0.4, 0.5) is 10.1 Å². The zero-order valence-electron chi connectivity index (χ0n) is 15.2. The van der Waals surface area contributed by atoms with E-state index in [1.165, 1.54) is 28.9 Å². The fraction of sp³-hybridized carbons (Fsp3) is 0.190. The van der Waals surface area contributed by atoms with Crippen LogP contribution in [0.2, 0.25) is 0 Å². The molecule has 1 N–H and O–H groups in total. The number of aromatic nitrogens is 2. The second kappa shape index (κ2) is 7.52. The number of nitrogens with zero attached hydrogens (tertiary/aromatic N) is 2. The highest BCUT2D eigenvalue weighted by atomic mass is 32.1. The number of amides is 1. The van der Waals surface area contributed by atoms with Gasteiger partial charge in [-0.2, -0.15) is 5.10 Å². The van der Waals surface area contributed by atoms with Crippen LogP contribution in [0.1, 0.15) is 18.5 Å². The van der Waals surface area contributed by atoms with Crippen LogP contribution in [0.15, 0.2) is 53.3 Å². The summed E-state index contributed by atoms with van der Waals surface area (Å²) in [7, 11) is 0. The molecule has 0 saturated heterocycles. The molecule has 1 amide bonds. The maximum atomic E-state index is 12.9. The lowest BCUT2D eigenvalue weighted by Crippen LogP contribution is -2.24. The Balaban J connectivity index is 1.50. The van der Waals surface area contributed by atoms with Crippen molar-refractivity contribution in [1.82, 2.24) is 9.78 Å². The minimum absolute atomic E-state index is 0.128. The molecule has 0 aliphatic carbocycles. The van der Waals surface area contributed by atoms with E-state index >= 15 is 0 Å². The van der Waals surface area contributed by atoms with Gasteiger partial charge >= 0.3 is 0 Å². The Kier molecular flexibility index (Phi) is 4.92. The summed E-state index contributed by atoms with van der Waals surface area (Å²) in [5, 5.41) is 8.79. The maximum Gasteiger partial charge on any atom is 0.276 e. The molecule has 0 radical (unpaired) electrons. The number of benzene rings is 2. The molecule has 0 saturated carbocycles. The van der Waals surface area contributed by atoms with Crippen LogP contribution in [0.3, 0.4) is 0 Å². The first kappa shape index (κ1) is 18.3. The topological polar surface area (TPSA) is 64.0 Å². The molecular formula is C21H18FN3O2S. The SMILES string of the molecule is Cc1nn(CCCC(=O)Nc2ccc(F)cc2)c(=O)c2c1sc1ccccc12. The van der Waals surface area contributed by atoms with Gasteiger partial charge in [-0.05, 0) is 43.7 Å². The predicted octanol–water partition coefficient (Wildman–Crippen LogP) is 4.48. The predicted molar refractivity (Wildman–Crippen MR) is 110 cm³/mol. The van der Waals surface area contributed by atoms with Gasteiger partial charge in [0, 0.05) is 28.7 Å². The molecule has 28 heavy (non-hydrogen) atoms. The van der Waals surface area contributed by atoms with E-state index in [2.05, 4.69) is 10.4 Å². The van der Waals surface area contributed by atoms with Gasteiger partial charge in [0.1, 0.15) is 5.82 Å². The number of halogens is 1. The van der Waals surface area contributed by atoms with Gasteiger partial charge in [0.25, 0.3) is 5.56 Å². The van der Waals surface area contributed by atoms with Gasteiger partial charge < -0.3 is 5.32 Å². The highest BCUT2D eigenvalue weighted by Gasteiger charge is 2.14. The first-order valence-electron chi connectivity index (χ1n) is 8.97. The lowest BCUT2D eigenvalue weighted by atomic mass is 10.2. The third-order valence-corrected chi connectivity index (χ3v) is 5.82. The number of hydrogen-bond acceptors (Lipinski definition) is 4. The number of fused-ring (bicyclic) bond motifs is 3. The van der Waals surface area contributed by atoms with Crippen LogP contribution in [0, 0.1) is 12.7 Å². The number of carbonyl (C=O) groups is 1. The average Bonchev–Trinajstić information content (AvgIpc) is 3.08. The molecular weight excluding hydrogens is 377 g/mol. The second-order valence-electron chi connectivity index (χ2n) is 6.57. The molecule has 0 aliphatic rings. The van der Waals surface area contributed by atoms with Gasteiger partial charge in [0.15, 0.2) is 0 Å². The summed E-state index contributed by atoms with van der Waals surface area (Å²) in [5.41, 5.74) is 1.23. The van der Waals surface area contributed by atoms with Crippen LogP contribution in [-0.2, 0) is 11.3 Å². The molecule has 0 atom stereocenters. The third kappa shape index (κ3) is 3.53. The molecule has 5 nitrogen and oxygen atoms in total. The summed E-state index contributed by atoms with van der Waals surface area (Å²) >= 11 is 1.58. The Morgan fingerprint density at radius 1 is 1.18 bits per heavy atom. The fourth-order valence-electron chi connectivity index (χ4n) is 3.21. The molecule has 7 heteroatoms. The minimum atomic E-state index is -0.352. The van der Waals surface area contributed by atoms with Gasteiger partial charge in [-0.3, -0.25) is 9.59 Å². The molecule has 0 aliphatic heterocycles. The molecule has 2 aromatic carbocycles. The first-order chi connectivity index (χ1) is 13.5. The van der Waals surface area contributed by atoms with Crippen molar-refractivity contribution >= 4 is 43.1 Å². The monoisotopic (exact) mass is 395 g/mol. The largest absolute Gasteiger partial charge is 0.326 e. The van der Waals surface area contributed by atoms with Crippen molar-refractivity contribution in [3.63, 3.8) is 0 Å². The molecule has 2 heterocycles. The number of aryl methyl sites for hydroxylation is 2. The van der Waals surface area contributed by atoms with Gasteiger partial charge in [-0.15, -0.1) is 11.3 Å². The van der Waals surface area contributed by atoms with Crippen molar-refractivity contribution in [2.45, 2.75) is 26.3 Å². The Labute approximate surface area is 164 Å². The van der Waals surface area contributed by atoms with Crippen molar-refractivity contribution in [2.75, 3.05) is 5.32 Å². The van der Waals surface area contributed by atoms with Crippen LogP contribution in [0.5, 0.6) is 0 Å². The summed E-state index contributed by atoms with van der Waals surface area (Å²) in [6, 6.07) is 13.5. The Hall–Kier alpha value is -3.06. The van der Waals surface area contributed by atoms with E-state index in [4.69, 9.17) is 0 Å². The second-order valence-corrected chi connectivity index (χ2v) is 7.63. The Morgan fingerprint density at radius 2 is 1.93 bits per heavy atom. The highest BCUT2D eigenvalue weighted by Crippen LogP contribution is 2.32. The van der Waals surface area contributed by atoms with E-state index in [1.807, 2.05) is 31.2 Å². The zero-order chi connectivity index (χ0) is 19.7. The highest BCUT2D eigenvalue weighted by molar-refractivity contribution is 7.26. The quantitative estimate of drug-likeness (QED) is 0.542. The zero-order valence-corrected chi connectivity index (χ0v) is 16.1. The molecule has 0 bridgehead atoms. The van der Waals surface area contributed by atoms with Gasteiger partial charge in [0.2, 0.25) is 5.91 Å². The number of rotatable bonds is 5. The molecule has 0 unspecified atom stereocenters. The maximum absolute atomic E-state index is 12.9. The average molecular weight is 395 g/mol. The Bertz CT molecular complexity index is 1230. The number of thiophene rings is 1. The van der Waals surface area contributed by atoms with Crippen LogP contribution >= 0.6 is 11.3 Å². The number of carbonyl (C=O) groups excluding carboxylic acids is 1. The summed E-state index contributed by atoms with van der Waals surface area (Å²) in [6.45, 7) is 2.26. The van der Waals surface area contributed by atoms with Crippen LogP contribution < -0.4 is 10.9 Å². The van der Waals surface area contributed by atoms with E-state index in [-0.39, 0.29) is 23.7 Å². The summed E-state index contributed by atoms with van der Waals surface area (Å²) in [5.74, 6) is -0.534. The van der Waals surface area contributed by atoms with Gasteiger partial charge in [0.05, 0.1) is 15.8 Å². The van der Waals surface area contributed by atoms with Gasteiger partial charge in [-0.25, -0.2) is 9.07 Å². The minimum Gasteiger partial charge on any atom is -0.326 e. The number of hydrogen-bond donors (Lipinski definition) is 1. The van der Waals surface area contributed by atoms with Crippen molar-refractivity contribution in [3.05, 3.63) is 70.4 Å². The van der Waals surface area contributed by atoms with Crippen molar-refractivity contribution in [1.29, 1.82) is 0 Å². The standard InChI is InChI=1S/C21H18FN3O2S/c1-13-20-19(16-5-2-3-6-17(16)28-20)21(27)25(24-13)12-4-7-18(26)23-15-10-8-14(22)9-11-15/h2-3,5-6,8-11H,4,7,12H2,1H3,(H,23,26). The summed E-state index contributed by atoms with van der Waals surface area (Å²) in [4.78, 5) is 25.0. The number of anilines is 1. The normalized spacial score (nSPS) is 11.2. The summed E-state index contributed by atoms with van der Waals surface area (Å²) in [6.07, 6.45) is 0.722. The van der Waals surface area contributed by atoms with Crippen molar-refractivity contribution < 1.29 is 9.18 Å². The summed E-state index contributed by atoms with van der Waals surface area (Å²) < 4.78 is 16.3. The van der Waals surface area contributed by atoms with Crippen molar-refractivity contribution in [3.8, 4) is 0 Å². The fourth-order valence-corrected chi connectivity index (χ4v) is 4.35. The lowest BCUT2D eigenvalue weighted by molar-refractivity contribution is -0.116. The van der Waals surface area contributed by atoms with E-state index < -0.39 is 0 Å². The van der Waals surface area contributed by atoms with Gasteiger partial charge in [-0.1, -0.05) is 18.2 Å². The molecule has 142 valence electrons. The number of nitrogens with one attached hydrogen (secondary N) is 1. The molecule has 4 rings (SSSR count). The van der Waals surface area contributed by atoms with E-state index in [0.29, 0.717) is 24.0 Å². The van der Waals surface area contributed by atoms with Crippen LogP contribution in [-0.4, -0.2) is 15.7 Å².